The van der Waals surface area contributed by atoms with Crippen LogP contribution >= 0.6 is 0 Å². The fraction of sp³-hybridized carbons (Fsp3) is 0.462. The van der Waals surface area contributed by atoms with E-state index in [1.807, 2.05) is 0 Å². The Morgan fingerprint density at radius 1 is 1.38 bits per heavy atom. The molecule has 3 heteroatoms. The summed E-state index contributed by atoms with van der Waals surface area (Å²) in [4.78, 5) is 11.6. The van der Waals surface area contributed by atoms with Gasteiger partial charge in [-0.25, -0.2) is 0 Å². The normalized spacial score (nSPS) is 12.1. The summed E-state index contributed by atoms with van der Waals surface area (Å²) in [5.74, 6) is -0.215. The van der Waals surface area contributed by atoms with Crippen molar-refractivity contribution in [1.82, 2.24) is 0 Å². The summed E-state index contributed by atoms with van der Waals surface area (Å²) in [5.41, 5.74) is 0.901. The number of unbranched alkanes of at least 4 members (excludes halogenated alkanes) is 1. The van der Waals surface area contributed by atoms with Crippen molar-refractivity contribution in [1.29, 1.82) is 0 Å². The minimum atomic E-state index is -0.217. The van der Waals surface area contributed by atoms with Crippen molar-refractivity contribution in [3.63, 3.8) is 0 Å². The third kappa shape index (κ3) is 3.26. The van der Waals surface area contributed by atoms with Crippen molar-refractivity contribution in [2.45, 2.75) is 32.1 Å². The Morgan fingerprint density at radius 2 is 2.00 bits per heavy atom. The first-order valence-corrected chi connectivity index (χ1v) is 5.55. The summed E-state index contributed by atoms with van der Waals surface area (Å²) in [6, 6.07) is 6.73. The second-order valence-corrected chi connectivity index (χ2v) is 3.81. The molecule has 0 aromatic heterocycles. The van der Waals surface area contributed by atoms with E-state index in [1.54, 1.807) is 24.3 Å². The molecule has 1 atom stereocenters. The van der Waals surface area contributed by atoms with Gasteiger partial charge < -0.3 is 9.84 Å². The molecule has 1 rings (SSSR count). The number of carbonyl (C=O) groups is 1. The molecule has 0 fully saturated rings. The largest absolute Gasteiger partial charge is 0.508 e. The lowest BCUT2D eigenvalue weighted by Gasteiger charge is -2.14. The number of phenolic OH excluding ortho intramolecular Hbond substituents is 1. The number of hydrogen-bond donors (Lipinski definition) is 1. The van der Waals surface area contributed by atoms with E-state index < -0.39 is 0 Å². The molecule has 1 aromatic rings. The summed E-state index contributed by atoms with van der Waals surface area (Å²) in [5, 5.41) is 9.19. The highest BCUT2D eigenvalue weighted by atomic mass is 16.5. The van der Waals surface area contributed by atoms with Crippen molar-refractivity contribution in [2.75, 3.05) is 7.11 Å². The van der Waals surface area contributed by atoms with Crippen LogP contribution in [0.4, 0.5) is 0 Å². The Kier molecular flexibility index (Phi) is 4.83. The average Bonchev–Trinajstić information content (AvgIpc) is 2.31. The molecule has 1 aromatic carbocycles. The van der Waals surface area contributed by atoms with E-state index >= 15 is 0 Å². The summed E-state index contributed by atoms with van der Waals surface area (Å²) < 4.78 is 4.79. The van der Waals surface area contributed by atoms with E-state index in [9.17, 15) is 9.90 Å². The van der Waals surface area contributed by atoms with Gasteiger partial charge in [-0.1, -0.05) is 31.9 Å². The number of phenols is 1. The Bertz CT molecular complexity index is 330. The van der Waals surface area contributed by atoms with Gasteiger partial charge in [0.25, 0.3) is 0 Å². The number of rotatable bonds is 5. The van der Waals surface area contributed by atoms with Crippen molar-refractivity contribution in [3.05, 3.63) is 29.8 Å². The Hall–Kier alpha value is -1.51. The number of esters is 1. The van der Waals surface area contributed by atoms with Gasteiger partial charge in [0.15, 0.2) is 0 Å². The molecule has 0 aliphatic carbocycles. The molecule has 16 heavy (non-hydrogen) atoms. The van der Waals surface area contributed by atoms with E-state index in [1.165, 1.54) is 7.11 Å². The number of benzene rings is 1. The molecule has 0 spiro atoms. The zero-order valence-corrected chi connectivity index (χ0v) is 9.77. The van der Waals surface area contributed by atoms with Crippen molar-refractivity contribution >= 4 is 5.97 Å². The van der Waals surface area contributed by atoms with Crippen LogP contribution in [0.5, 0.6) is 5.75 Å². The lowest BCUT2D eigenvalue weighted by molar-refractivity contribution is -0.142. The van der Waals surface area contributed by atoms with Gasteiger partial charge >= 0.3 is 5.97 Å². The van der Waals surface area contributed by atoms with Crippen LogP contribution < -0.4 is 0 Å². The number of hydrogen-bond acceptors (Lipinski definition) is 3. The van der Waals surface area contributed by atoms with Crippen molar-refractivity contribution in [3.8, 4) is 5.75 Å². The maximum absolute atomic E-state index is 11.6. The molecule has 0 heterocycles. The molecule has 0 aliphatic heterocycles. The quantitative estimate of drug-likeness (QED) is 0.779. The molecule has 1 N–H and O–H groups in total. The van der Waals surface area contributed by atoms with Crippen LogP contribution in [-0.2, 0) is 9.53 Å². The number of methoxy groups -OCH3 is 1. The summed E-state index contributed by atoms with van der Waals surface area (Å²) in [6.45, 7) is 2.09. The van der Waals surface area contributed by atoms with E-state index in [2.05, 4.69) is 6.92 Å². The molecule has 3 nitrogen and oxygen atoms in total. The Morgan fingerprint density at radius 3 is 2.50 bits per heavy atom. The monoisotopic (exact) mass is 222 g/mol. The molecule has 1 unspecified atom stereocenters. The highest BCUT2D eigenvalue weighted by molar-refractivity contribution is 5.78. The van der Waals surface area contributed by atoms with E-state index in [-0.39, 0.29) is 17.6 Å². The molecule has 88 valence electrons. The first kappa shape index (κ1) is 12.6. The molecule has 0 saturated carbocycles. The second kappa shape index (κ2) is 6.16. The topological polar surface area (TPSA) is 46.5 Å². The van der Waals surface area contributed by atoms with Crippen LogP contribution in [0.1, 0.15) is 37.7 Å². The number of carbonyl (C=O) groups excluding carboxylic acids is 1. The van der Waals surface area contributed by atoms with Crippen LogP contribution in [-0.4, -0.2) is 18.2 Å². The average molecular weight is 222 g/mol. The van der Waals surface area contributed by atoms with Crippen LogP contribution in [0.3, 0.4) is 0 Å². The molecular formula is C13H18O3. The van der Waals surface area contributed by atoms with Crippen LogP contribution in [0, 0.1) is 0 Å². The summed E-state index contributed by atoms with van der Waals surface area (Å²) in [6.07, 6.45) is 2.82. The van der Waals surface area contributed by atoms with Crippen molar-refractivity contribution < 1.29 is 14.6 Å². The van der Waals surface area contributed by atoms with Gasteiger partial charge in [0.2, 0.25) is 0 Å². The Balaban J connectivity index is 2.82. The summed E-state index contributed by atoms with van der Waals surface area (Å²) in [7, 11) is 1.40. The number of ether oxygens (including phenoxy) is 1. The zero-order chi connectivity index (χ0) is 12.0. The molecule has 0 radical (unpaired) electrons. The van der Waals surface area contributed by atoms with Gasteiger partial charge in [-0.3, -0.25) is 4.79 Å². The van der Waals surface area contributed by atoms with Crippen LogP contribution in [0.15, 0.2) is 24.3 Å². The van der Waals surface area contributed by atoms with Gasteiger partial charge in [-0.15, -0.1) is 0 Å². The first-order valence-electron chi connectivity index (χ1n) is 5.55. The highest BCUT2D eigenvalue weighted by Gasteiger charge is 2.20. The van der Waals surface area contributed by atoms with Gasteiger partial charge in [0.05, 0.1) is 13.0 Å². The third-order valence-corrected chi connectivity index (χ3v) is 2.63. The molecule has 0 saturated heterocycles. The molecular weight excluding hydrogens is 204 g/mol. The predicted octanol–water partition coefficient (Wildman–Crippen LogP) is 2.84. The van der Waals surface area contributed by atoms with Crippen molar-refractivity contribution in [2.24, 2.45) is 0 Å². The van der Waals surface area contributed by atoms with Gasteiger partial charge in [0.1, 0.15) is 5.75 Å². The second-order valence-electron chi connectivity index (χ2n) is 3.81. The highest BCUT2D eigenvalue weighted by Crippen LogP contribution is 2.25. The molecule has 0 bridgehead atoms. The van der Waals surface area contributed by atoms with E-state index in [0.29, 0.717) is 0 Å². The van der Waals surface area contributed by atoms with Crippen LogP contribution in [0.2, 0.25) is 0 Å². The minimum absolute atomic E-state index is 0.209. The number of aromatic hydroxyl groups is 1. The van der Waals surface area contributed by atoms with E-state index in [0.717, 1.165) is 24.8 Å². The predicted molar refractivity (Wildman–Crippen MR) is 62.4 cm³/mol. The smallest absolute Gasteiger partial charge is 0.313 e. The van der Waals surface area contributed by atoms with Gasteiger partial charge in [0, 0.05) is 0 Å². The van der Waals surface area contributed by atoms with Gasteiger partial charge in [-0.05, 0) is 24.1 Å². The Labute approximate surface area is 96.1 Å². The fourth-order valence-electron chi connectivity index (χ4n) is 1.68. The maximum atomic E-state index is 11.6. The summed E-state index contributed by atoms with van der Waals surface area (Å²) >= 11 is 0. The first-order chi connectivity index (χ1) is 7.69. The molecule has 0 amide bonds. The SMILES string of the molecule is CCCCC(C(=O)OC)c1ccc(O)cc1. The fourth-order valence-corrected chi connectivity index (χ4v) is 1.68. The lowest BCUT2D eigenvalue weighted by Crippen LogP contribution is -2.14. The minimum Gasteiger partial charge on any atom is -0.508 e. The third-order valence-electron chi connectivity index (χ3n) is 2.63. The molecule has 0 aliphatic rings. The lowest BCUT2D eigenvalue weighted by atomic mass is 9.93. The standard InChI is InChI=1S/C13H18O3/c1-3-4-5-12(13(15)16-2)10-6-8-11(14)9-7-10/h6-9,12,14H,3-5H2,1-2H3. The van der Waals surface area contributed by atoms with E-state index in [4.69, 9.17) is 4.74 Å². The zero-order valence-electron chi connectivity index (χ0n) is 9.77. The van der Waals surface area contributed by atoms with Crippen LogP contribution in [0.25, 0.3) is 0 Å². The maximum Gasteiger partial charge on any atom is 0.313 e. The van der Waals surface area contributed by atoms with Gasteiger partial charge in [-0.2, -0.15) is 0 Å².